The summed E-state index contributed by atoms with van der Waals surface area (Å²) in [5, 5.41) is 0.265. The van der Waals surface area contributed by atoms with Crippen molar-refractivity contribution in [2.24, 2.45) is 5.73 Å². The molecule has 1 saturated heterocycles. The largest absolute Gasteiger partial charge is 0.380 e. The molecule has 2 unspecified atom stereocenters. The van der Waals surface area contributed by atoms with Crippen LogP contribution in [0.2, 0.25) is 10.0 Å². The van der Waals surface area contributed by atoms with Crippen molar-refractivity contribution < 1.29 is 18.7 Å². The van der Waals surface area contributed by atoms with Crippen LogP contribution < -0.4 is 5.73 Å². The molecule has 2 N–H and O–H groups in total. The van der Waals surface area contributed by atoms with Gasteiger partial charge in [0, 0.05) is 30.8 Å². The van der Waals surface area contributed by atoms with Crippen LogP contribution in [0.25, 0.3) is 0 Å². The number of carbonyl (C=O) groups excluding carboxylic acids is 1. The Labute approximate surface area is 156 Å². The Morgan fingerprint density at radius 3 is 2.83 bits per heavy atom. The number of nitrogens with zero attached hydrogens (tertiary/aromatic N) is 1. The van der Waals surface area contributed by atoms with E-state index in [-0.39, 0.29) is 42.4 Å². The second kappa shape index (κ2) is 9.75. The third-order valence-electron chi connectivity index (χ3n) is 3.80. The van der Waals surface area contributed by atoms with E-state index in [4.69, 9.17) is 38.4 Å². The molecular formula is C15H20Cl3FN2O3. The van der Waals surface area contributed by atoms with Gasteiger partial charge in [0.05, 0.1) is 30.7 Å². The van der Waals surface area contributed by atoms with E-state index in [1.807, 2.05) is 0 Å². The van der Waals surface area contributed by atoms with Gasteiger partial charge in [-0.2, -0.15) is 0 Å². The number of hydrogen-bond donors (Lipinski definition) is 1. The van der Waals surface area contributed by atoms with E-state index >= 15 is 0 Å². The van der Waals surface area contributed by atoms with Crippen LogP contribution in [0.3, 0.4) is 0 Å². The molecule has 2 rings (SSSR count). The fraction of sp³-hybridized carbons (Fsp3) is 0.533. The Hall–Kier alpha value is -0.630. The molecule has 1 aliphatic rings. The lowest BCUT2D eigenvalue weighted by Gasteiger charge is -2.34. The van der Waals surface area contributed by atoms with Crippen LogP contribution in [0.15, 0.2) is 12.1 Å². The molecule has 1 aromatic rings. The van der Waals surface area contributed by atoms with Crippen LogP contribution in [0, 0.1) is 5.82 Å². The zero-order valence-corrected chi connectivity index (χ0v) is 15.5. The molecule has 1 heterocycles. The van der Waals surface area contributed by atoms with Gasteiger partial charge in [-0.25, -0.2) is 4.39 Å². The maximum atomic E-state index is 13.7. The summed E-state index contributed by atoms with van der Waals surface area (Å²) in [4.78, 5) is 14.0. The highest BCUT2D eigenvalue weighted by Gasteiger charge is 2.28. The minimum absolute atomic E-state index is 0. The molecule has 0 spiro atoms. The monoisotopic (exact) mass is 400 g/mol. The molecule has 5 nitrogen and oxygen atoms in total. The van der Waals surface area contributed by atoms with Crippen LogP contribution in [0.1, 0.15) is 18.1 Å². The highest BCUT2D eigenvalue weighted by atomic mass is 35.5. The van der Waals surface area contributed by atoms with E-state index in [0.29, 0.717) is 30.3 Å². The Balaban J connectivity index is 0.00000288. The molecule has 0 aromatic heterocycles. The number of hydrogen-bond acceptors (Lipinski definition) is 4. The minimum atomic E-state index is -0.569. The van der Waals surface area contributed by atoms with Crippen LogP contribution in [-0.2, 0) is 14.3 Å². The molecule has 2 atom stereocenters. The van der Waals surface area contributed by atoms with E-state index in [1.165, 1.54) is 19.2 Å². The van der Waals surface area contributed by atoms with Gasteiger partial charge in [0.1, 0.15) is 11.9 Å². The number of rotatable bonds is 5. The molecule has 0 saturated carbocycles. The molecule has 0 aliphatic carbocycles. The Morgan fingerprint density at radius 1 is 1.50 bits per heavy atom. The number of amides is 1. The van der Waals surface area contributed by atoms with Crippen LogP contribution in [-0.4, -0.2) is 50.3 Å². The second-order valence-corrected chi connectivity index (χ2v) is 6.10. The quantitative estimate of drug-likeness (QED) is 0.771. The summed E-state index contributed by atoms with van der Waals surface area (Å²) >= 11 is 11.8. The third kappa shape index (κ3) is 5.18. The van der Waals surface area contributed by atoms with Gasteiger partial charge in [0.15, 0.2) is 0 Å². The Bertz CT molecular complexity index is 573. The smallest absolute Gasteiger partial charge is 0.225 e. The fourth-order valence-corrected chi connectivity index (χ4v) is 2.94. The topological polar surface area (TPSA) is 64.8 Å². The van der Waals surface area contributed by atoms with Gasteiger partial charge in [-0.1, -0.05) is 23.2 Å². The molecule has 136 valence electrons. The average Bonchev–Trinajstić information content (AvgIpc) is 2.55. The fourth-order valence-electron chi connectivity index (χ4n) is 2.44. The summed E-state index contributed by atoms with van der Waals surface area (Å²) in [6.07, 6.45) is -0.617. The minimum Gasteiger partial charge on any atom is -0.380 e. The van der Waals surface area contributed by atoms with Crippen molar-refractivity contribution in [3.8, 4) is 0 Å². The summed E-state index contributed by atoms with van der Waals surface area (Å²) in [7, 11) is 1.52. The number of ether oxygens (including phenoxy) is 2. The van der Waals surface area contributed by atoms with E-state index in [2.05, 4.69) is 0 Å². The molecule has 1 amide bonds. The third-order valence-corrected chi connectivity index (χ3v) is 4.42. The first kappa shape index (κ1) is 21.4. The van der Waals surface area contributed by atoms with Crippen molar-refractivity contribution >= 4 is 41.5 Å². The summed E-state index contributed by atoms with van der Waals surface area (Å²) < 4.78 is 24.4. The summed E-state index contributed by atoms with van der Waals surface area (Å²) in [5.74, 6) is -0.651. The van der Waals surface area contributed by atoms with Crippen LogP contribution in [0.5, 0.6) is 0 Å². The predicted octanol–water partition coefficient (Wildman–Crippen LogP) is 2.82. The van der Waals surface area contributed by atoms with Gasteiger partial charge in [0.2, 0.25) is 5.91 Å². The van der Waals surface area contributed by atoms with E-state index in [1.54, 1.807) is 4.90 Å². The molecule has 1 fully saturated rings. The lowest BCUT2D eigenvalue weighted by atomic mass is 10.1. The molecular weight excluding hydrogens is 382 g/mol. The van der Waals surface area contributed by atoms with Gasteiger partial charge >= 0.3 is 0 Å². The van der Waals surface area contributed by atoms with Gasteiger partial charge in [0.25, 0.3) is 0 Å². The lowest BCUT2D eigenvalue weighted by molar-refractivity contribution is -0.141. The first-order chi connectivity index (χ1) is 11.0. The van der Waals surface area contributed by atoms with Crippen molar-refractivity contribution in [3.05, 3.63) is 33.6 Å². The predicted molar refractivity (Wildman–Crippen MR) is 93.4 cm³/mol. The molecule has 1 aromatic carbocycles. The van der Waals surface area contributed by atoms with Gasteiger partial charge in [-0.15, -0.1) is 12.4 Å². The van der Waals surface area contributed by atoms with Crippen molar-refractivity contribution in [2.75, 3.05) is 33.4 Å². The van der Waals surface area contributed by atoms with E-state index < -0.39 is 11.9 Å². The van der Waals surface area contributed by atoms with Gasteiger partial charge in [-0.05, 0) is 12.1 Å². The first-order valence-corrected chi connectivity index (χ1v) is 7.98. The Morgan fingerprint density at radius 2 is 2.21 bits per heavy atom. The van der Waals surface area contributed by atoms with Crippen molar-refractivity contribution in [3.63, 3.8) is 0 Å². The second-order valence-electron chi connectivity index (χ2n) is 5.28. The van der Waals surface area contributed by atoms with E-state index in [9.17, 15) is 9.18 Å². The highest BCUT2D eigenvalue weighted by molar-refractivity contribution is 6.35. The zero-order chi connectivity index (χ0) is 17.0. The average molecular weight is 402 g/mol. The molecule has 0 bridgehead atoms. The van der Waals surface area contributed by atoms with Crippen LogP contribution >= 0.6 is 35.6 Å². The normalized spacial score (nSPS) is 18.9. The van der Waals surface area contributed by atoms with Crippen molar-refractivity contribution in [1.29, 1.82) is 0 Å². The van der Waals surface area contributed by atoms with Gasteiger partial charge in [-0.3, -0.25) is 4.79 Å². The number of morpholine rings is 1. The number of benzene rings is 1. The summed E-state index contributed by atoms with van der Waals surface area (Å²) in [6.45, 7) is 1.37. The summed E-state index contributed by atoms with van der Waals surface area (Å²) in [5.41, 5.74) is 6.02. The van der Waals surface area contributed by atoms with E-state index in [0.717, 1.165) is 0 Å². The first-order valence-electron chi connectivity index (χ1n) is 7.23. The number of methoxy groups -OCH3 is 1. The maximum absolute atomic E-state index is 13.7. The number of halogens is 4. The maximum Gasteiger partial charge on any atom is 0.225 e. The summed E-state index contributed by atoms with van der Waals surface area (Å²) in [6, 6.07) is 2.59. The lowest BCUT2D eigenvalue weighted by Crippen LogP contribution is -2.44. The van der Waals surface area contributed by atoms with Crippen molar-refractivity contribution in [1.82, 2.24) is 4.90 Å². The molecule has 1 aliphatic heterocycles. The molecule has 9 heteroatoms. The molecule has 0 radical (unpaired) electrons. The Kier molecular flexibility index (Phi) is 8.70. The van der Waals surface area contributed by atoms with Gasteiger partial charge < -0.3 is 20.1 Å². The van der Waals surface area contributed by atoms with Crippen LogP contribution in [0.4, 0.5) is 4.39 Å². The highest BCUT2D eigenvalue weighted by Crippen LogP contribution is 2.32. The molecule has 24 heavy (non-hydrogen) atoms. The standard InChI is InChI=1S/C15H19Cl2FN2O3.ClH/c1-22-9(7-19)4-15(21)20-2-3-23-14(8-20)10-5-13(18)12(17)6-11(10)16;/h5-6,9,14H,2-4,7-8,19H2,1H3;1H. The number of nitrogens with two attached hydrogens (primary N) is 1. The number of carbonyl (C=O) groups is 1. The zero-order valence-electron chi connectivity index (χ0n) is 13.1. The SMILES string of the molecule is COC(CN)CC(=O)N1CCOC(c2cc(F)c(Cl)cc2Cl)C1.Cl. The van der Waals surface area contributed by atoms with Crippen molar-refractivity contribution in [2.45, 2.75) is 18.6 Å².